The molecular formula is C55H97N9O16. The van der Waals surface area contributed by atoms with Gasteiger partial charge in [-0.2, -0.15) is 0 Å². The van der Waals surface area contributed by atoms with Gasteiger partial charge in [0.25, 0.3) is 0 Å². The molecule has 0 aromatic carbocycles. The van der Waals surface area contributed by atoms with Crippen molar-refractivity contribution in [1.82, 2.24) is 47.9 Å². The van der Waals surface area contributed by atoms with Gasteiger partial charge in [0, 0.05) is 6.42 Å². The third-order valence-corrected chi connectivity index (χ3v) is 13.9. The lowest BCUT2D eigenvalue weighted by atomic mass is 9.96. The number of aliphatic hydroxyl groups is 3. The SMILES string of the molecule is CCCCCCC[C@@H](O)CC(=O)N[C@@H](CC(C)C)C(=O)N[C@H](CCC(=O)O)C(=O)NC1C(=O)NC([C@H](C)CC)C(=O)N[C@H](CC(C)C)C(=O)N[C@H](CO)C(=O)N[C@@H](CC(C)C)C(=O)N[C@H](CO)C(=O)NC([C@@H](C)CC)C(=O)O[C@@H]1C. The number of cyclic esters (lactones) is 1. The Labute approximate surface area is 471 Å². The van der Waals surface area contributed by atoms with Crippen molar-refractivity contribution < 1.29 is 77.9 Å². The summed E-state index contributed by atoms with van der Waals surface area (Å²) in [6.45, 7) is 18.5. The molecule has 13 atom stereocenters. The molecule has 1 aliphatic heterocycles. The first-order valence-corrected chi connectivity index (χ1v) is 28.6. The number of ether oxygens (including phenoxy) is 1. The Hall–Kier alpha value is -5.95. The highest BCUT2D eigenvalue weighted by molar-refractivity contribution is 5.99. The Balaban J connectivity index is 4.04. The second-order valence-corrected chi connectivity index (χ2v) is 22.5. The Bertz CT molecular complexity index is 2040. The van der Waals surface area contributed by atoms with Crippen LogP contribution in [0.15, 0.2) is 0 Å². The topological polar surface area (TPSA) is 386 Å². The Morgan fingerprint density at radius 3 is 1.52 bits per heavy atom. The third kappa shape index (κ3) is 26.1. The zero-order valence-corrected chi connectivity index (χ0v) is 49.2. The summed E-state index contributed by atoms with van der Waals surface area (Å²) in [4.78, 5) is 153. The van der Waals surface area contributed by atoms with Crippen molar-refractivity contribution in [3.8, 4) is 0 Å². The van der Waals surface area contributed by atoms with Gasteiger partial charge in [-0.3, -0.25) is 47.9 Å². The molecule has 25 nitrogen and oxygen atoms in total. The quantitative estimate of drug-likeness (QED) is 0.0374. The molecule has 0 saturated carbocycles. The summed E-state index contributed by atoms with van der Waals surface area (Å²) in [5.74, 6) is -13.3. The third-order valence-electron chi connectivity index (χ3n) is 13.9. The van der Waals surface area contributed by atoms with Crippen molar-refractivity contribution in [3.05, 3.63) is 0 Å². The van der Waals surface area contributed by atoms with Crippen LogP contribution in [0.1, 0.15) is 173 Å². The first-order chi connectivity index (χ1) is 37.5. The number of hydrogen-bond acceptors (Lipinski definition) is 15. The molecule has 0 bridgehead atoms. The maximum atomic E-state index is 14.8. The second kappa shape index (κ2) is 37.1. The van der Waals surface area contributed by atoms with Crippen LogP contribution in [0.2, 0.25) is 0 Å². The lowest BCUT2D eigenvalue weighted by Gasteiger charge is -2.32. The van der Waals surface area contributed by atoms with E-state index in [0.717, 1.165) is 25.7 Å². The van der Waals surface area contributed by atoms with E-state index in [1.165, 1.54) is 6.92 Å². The first-order valence-electron chi connectivity index (χ1n) is 28.6. The summed E-state index contributed by atoms with van der Waals surface area (Å²) < 4.78 is 5.85. The van der Waals surface area contributed by atoms with Gasteiger partial charge in [-0.15, -0.1) is 0 Å². The molecule has 1 rings (SSSR count). The molecule has 80 heavy (non-hydrogen) atoms. The number of esters is 1. The van der Waals surface area contributed by atoms with Crippen molar-refractivity contribution in [2.24, 2.45) is 29.6 Å². The smallest absolute Gasteiger partial charge is 0.329 e. The highest BCUT2D eigenvalue weighted by Crippen LogP contribution is 2.17. The van der Waals surface area contributed by atoms with E-state index in [4.69, 9.17) is 4.74 Å². The van der Waals surface area contributed by atoms with E-state index in [2.05, 4.69) is 54.8 Å². The molecule has 0 radical (unpaired) electrons. The van der Waals surface area contributed by atoms with Gasteiger partial charge in [0.1, 0.15) is 60.5 Å². The molecule has 3 unspecified atom stereocenters. The molecule has 458 valence electrons. The van der Waals surface area contributed by atoms with Crippen molar-refractivity contribution in [2.45, 2.75) is 240 Å². The van der Waals surface area contributed by atoms with Crippen LogP contribution < -0.4 is 47.9 Å². The van der Waals surface area contributed by atoms with Gasteiger partial charge in [-0.1, -0.05) is 121 Å². The monoisotopic (exact) mass is 1140 g/mol. The highest BCUT2D eigenvalue weighted by Gasteiger charge is 2.41. The van der Waals surface area contributed by atoms with Crippen LogP contribution in [0.4, 0.5) is 0 Å². The van der Waals surface area contributed by atoms with Crippen LogP contribution in [0.3, 0.4) is 0 Å². The Morgan fingerprint density at radius 1 is 0.562 bits per heavy atom. The number of carboxylic acid groups (broad SMARTS) is 1. The fourth-order valence-electron chi connectivity index (χ4n) is 8.78. The average molecular weight is 1140 g/mol. The number of unbranched alkanes of at least 4 members (excludes halogenated alkanes) is 4. The van der Waals surface area contributed by atoms with Gasteiger partial charge in [0.2, 0.25) is 53.2 Å². The fourth-order valence-corrected chi connectivity index (χ4v) is 8.78. The molecule has 1 fully saturated rings. The van der Waals surface area contributed by atoms with Crippen LogP contribution >= 0.6 is 0 Å². The zero-order chi connectivity index (χ0) is 61.0. The van der Waals surface area contributed by atoms with E-state index >= 15 is 0 Å². The minimum absolute atomic E-state index is 0.00960. The fraction of sp³-hybridized carbons (Fsp3) is 0.800. The molecule has 13 N–H and O–H groups in total. The number of aliphatic carboxylic acids is 1. The van der Waals surface area contributed by atoms with Crippen LogP contribution in [0.5, 0.6) is 0 Å². The van der Waals surface area contributed by atoms with Crippen molar-refractivity contribution in [1.29, 1.82) is 0 Å². The number of carboxylic acids is 1. The van der Waals surface area contributed by atoms with Gasteiger partial charge < -0.3 is 73.0 Å². The normalized spacial score (nSPS) is 24.2. The molecule has 1 aliphatic rings. The first kappa shape index (κ1) is 72.1. The molecule has 0 aromatic rings. The summed E-state index contributed by atoms with van der Waals surface area (Å²) >= 11 is 0. The molecule has 0 spiro atoms. The average Bonchev–Trinajstić information content (AvgIpc) is 3.38. The summed E-state index contributed by atoms with van der Waals surface area (Å²) in [6.07, 6.45) is 1.31. The van der Waals surface area contributed by atoms with Crippen LogP contribution in [-0.2, 0) is 57.5 Å². The number of carbonyl (C=O) groups is 11. The van der Waals surface area contributed by atoms with Crippen molar-refractivity contribution in [3.63, 3.8) is 0 Å². The predicted octanol–water partition coefficient (Wildman–Crippen LogP) is 0.486. The molecule has 25 heteroatoms. The van der Waals surface area contributed by atoms with E-state index in [1.807, 2.05) is 0 Å². The number of hydrogen-bond donors (Lipinski definition) is 13. The highest BCUT2D eigenvalue weighted by atomic mass is 16.5. The maximum Gasteiger partial charge on any atom is 0.329 e. The van der Waals surface area contributed by atoms with Gasteiger partial charge >= 0.3 is 11.9 Å². The number of amides is 9. The number of aliphatic hydroxyl groups excluding tert-OH is 3. The van der Waals surface area contributed by atoms with Gasteiger partial charge in [-0.05, 0) is 68.6 Å². The lowest BCUT2D eigenvalue weighted by Crippen LogP contribution is -2.64. The van der Waals surface area contributed by atoms with Crippen LogP contribution in [0, 0.1) is 29.6 Å². The van der Waals surface area contributed by atoms with E-state index in [9.17, 15) is 73.2 Å². The number of carbonyl (C=O) groups excluding carboxylic acids is 10. The van der Waals surface area contributed by atoms with Gasteiger partial charge in [-0.25, -0.2) is 4.79 Å². The molecule has 1 heterocycles. The van der Waals surface area contributed by atoms with Crippen molar-refractivity contribution >= 4 is 65.1 Å². The molecule has 0 aliphatic carbocycles. The summed E-state index contributed by atoms with van der Waals surface area (Å²) in [7, 11) is 0. The summed E-state index contributed by atoms with van der Waals surface area (Å²) in [5.41, 5.74) is 0. The van der Waals surface area contributed by atoms with E-state index in [1.54, 1.807) is 69.2 Å². The molecular weight excluding hydrogens is 1040 g/mol. The zero-order valence-electron chi connectivity index (χ0n) is 49.2. The minimum atomic E-state index is -1.95. The van der Waals surface area contributed by atoms with Crippen LogP contribution in [-0.4, -0.2) is 165 Å². The second-order valence-electron chi connectivity index (χ2n) is 22.5. The van der Waals surface area contributed by atoms with Gasteiger partial charge in [0.05, 0.1) is 25.7 Å². The molecule has 0 aromatic heterocycles. The van der Waals surface area contributed by atoms with E-state index in [-0.39, 0.29) is 56.3 Å². The van der Waals surface area contributed by atoms with E-state index < -0.39 is 170 Å². The maximum absolute atomic E-state index is 14.8. The Morgan fingerprint density at radius 2 is 1.04 bits per heavy atom. The van der Waals surface area contributed by atoms with Crippen molar-refractivity contribution in [2.75, 3.05) is 13.2 Å². The number of nitrogens with one attached hydrogen (secondary N) is 9. The number of rotatable bonds is 28. The minimum Gasteiger partial charge on any atom is -0.481 e. The lowest BCUT2D eigenvalue weighted by molar-refractivity contribution is -0.158. The Kier molecular flexibility index (Phi) is 33.5. The van der Waals surface area contributed by atoms with E-state index in [0.29, 0.717) is 12.8 Å². The largest absolute Gasteiger partial charge is 0.481 e. The molecule has 9 amide bonds. The van der Waals surface area contributed by atoms with Gasteiger partial charge in [0.15, 0.2) is 0 Å². The standard InChI is InChI=1S/C55H97N9O16/c1-13-16-17-18-19-20-35(67)26-42(68)56-37(23-29(4)5)48(72)57-36(21-22-43(69)70)47(71)64-46-34(12)80-55(79)45(33(11)15-3)63-52(76)41(28-66)61-49(73)38(24-30(6)7)58-51(75)40(27-65)60-50(74)39(25-31(8)9)59-53(77)44(32(10)14-2)62-54(46)78/h29-41,44-46,65-67H,13-28H2,1-12H3,(H,56,68)(H,57,72)(H,58,75)(H,59,77)(H,60,74)(H,61,73)(H,62,78)(H,63,76)(H,64,71)(H,69,70)/t32-,33+,34-,35-,36-,37+,38+,39-,40-,41-,44?,45?,46?/m1/s1. The van der Waals surface area contributed by atoms with Crippen LogP contribution in [0.25, 0.3) is 0 Å². The summed E-state index contributed by atoms with van der Waals surface area (Å²) in [6, 6.07) is -14.1. The molecule has 1 saturated heterocycles. The predicted molar refractivity (Wildman–Crippen MR) is 295 cm³/mol. The summed E-state index contributed by atoms with van der Waals surface area (Å²) in [5, 5.41) is 63.7.